The van der Waals surface area contributed by atoms with Gasteiger partial charge in [-0.25, -0.2) is 9.59 Å². The summed E-state index contributed by atoms with van der Waals surface area (Å²) < 4.78 is 5.10. The molecule has 0 aromatic rings. The Hall–Kier alpha value is -1.99. The molecule has 8 heteroatoms. The molecule has 0 saturated carbocycles. The average Bonchev–Trinajstić information content (AvgIpc) is 2.44. The fraction of sp³-hybridized carbons (Fsp3) is 0.800. The number of rotatable bonds is 3. The highest BCUT2D eigenvalue weighted by molar-refractivity contribution is 5.78. The Balaban J connectivity index is 2.27. The predicted octanol–water partition coefficient (Wildman–Crippen LogP) is 0.727. The Morgan fingerprint density at radius 2 is 1.57 bits per heavy atom. The molecule has 0 bridgehead atoms. The van der Waals surface area contributed by atoms with E-state index in [1.54, 1.807) is 44.7 Å². The fourth-order valence-corrected chi connectivity index (χ4v) is 2.17. The fourth-order valence-electron chi connectivity index (χ4n) is 2.17. The molecule has 4 amide bonds. The zero-order chi connectivity index (χ0) is 17.6. The molecule has 0 aromatic heterocycles. The molecule has 1 saturated heterocycles. The Kier molecular flexibility index (Phi) is 6.65. The zero-order valence-electron chi connectivity index (χ0n) is 14.7. The molecule has 1 fully saturated rings. The van der Waals surface area contributed by atoms with Gasteiger partial charge in [0.15, 0.2) is 0 Å². The lowest BCUT2D eigenvalue weighted by atomic mass is 10.2. The molecular weight excluding hydrogens is 300 g/mol. The first-order chi connectivity index (χ1) is 10.6. The molecule has 0 atom stereocenters. The zero-order valence-corrected chi connectivity index (χ0v) is 14.7. The second kappa shape index (κ2) is 8.03. The molecule has 132 valence electrons. The van der Waals surface area contributed by atoms with Crippen LogP contribution in [0.3, 0.4) is 0 Å². The van der Waals surface area contributed by atoms with Gasteiger partial charge in [0.1, 0.15) is 5.60 Å². The molecule has 0 spiro atoms. The van der Waals surface area contributed by atoms with Crippen LogP contribution in [0.4, 0.5) is 9.59 Å². The van der Waals surface area contributed by atoms with Gasteiger partial charge >= 0.3 is 12.1 Å². The molecule has 8 nitrogen and oxygen atoms in total. The van der Waals surface area contributed by atoms with Gasteiger partial charge in [-0.05, 0) is 20.8 Å². The number of alkyl carbamates (subject to hydrolysis) is 1. The summed E-state index contributed by atoms with van der Waals surface area (Å²) in [5.74, 6) is -0.0296. The number of piperazine rings is 1. The van der Waals surface area contributed by atoms with Crippen LogP contribution < -0.4 is 5.32 Å². The summed E-state index contributed by atoms with van der Waals surface area (Å²) in [4.78, 5) is 40.4. The monoisotopic (exact) mass is 328 g/mol. The summed E-state index contributed by atoms with van der Waals surface area (Å²) in [5, 5.41) is 2.57. The summed E-state index contributed by atoms with van der Waals surface area (Å²) in [7, 11) is 3.42. The van der Waals surface area contributed by atoms with Crippen molar-refractivity contribution in [3.8, 4) is 0 Å². The van der Waals surface area contributed by atoms with Crippen LogP contribution in [0.25, 0.3) is 0 Å². The summed E-state index contributed by atoms with van der Waals surface area (Å²) in [6.07, 6.45) is -0.298. The first-order valence-corrected chi connectivity index (χ1v) is 7.81. The van der Waals surface area contributed by atoms with E-state index in [4.69, 9.17) is 4.74 Å². The molecule has 0 unspecified atom stereocenters. The number of nitrogens with zero attached hydrogens (tertiary/aromatic N) is 3. The maximum atomic E-state index is 12.1. The van der Waals surface area contributed by atoms with Crippen LogP contribution in [0.1, 0.15) is 27.2 Å². The summed E-state index contributed by atoms with van der Waals surface area (Å²) in [6, 6.07) is -0.0382. The molecular formula is C15H28N4O4. The summed E-state index contributed by atoms with van der Waals surface area (Å²) in [6.45, 7) is 7.69. The van der Waals surface area contributed by atoms with E-state index in [0.717, 1.165) is 0 Å². The number of hydrogen-bond acceptors (Lipinski definition) is 4. The van der Waals surface area contributed by atoms with Gasteiger partial charge in [-0.15, -0.1) is 0 Å². The van der Waals surface area contributed by atoms with Crippen LogP contribution in [0.2, 0.25) is 0 Å². The minimum absolute atomic E-state index is 0.0296. The maximum absolute atomic E-state index is 12.1. The SMILES string of the molecule is CN(C)C(=O)N1CCN(C(=O)CCNC(=O)OC(C)(C)C)CC1. The van der Waals surface area contributed by atoms with Crippen LogP contribution in [0.5, 0.6) is 0 Å². The predicted molar refractivity (Wildman–Crippen MR) is 86.1 cm³/mol. The van der Waals surface area contributed by atoms with Crippen LogP contribution in [-0.4, -0.2) is 85.2 Å². The van der Waals surface area contributed by atoms with Gasteiger partial charge in [-0.3, -0.25) is 4.79 Å². The van der Waals surface area contributed by atoms with Crippen molar-refractivity contribution in [3.63, 3.8) is 0 Å². The minimum atomic E-state index is -0.552. The van der Waals surface area contributed by atoms with E-state index >= 15 is 0 Å². The van der Waals surface area contributed by atoms with Gasteiger partial charge in [0.05, 0.1) is 0 Å². The van der Waals surface area contributed by atoms with Gasteiger partial charge in [-0.1, -0.05) is 0 Å². The lowest BCUT2D eigenvalue weighted by molar-refractivity contribution is -0.132. The molecule has 23 heavy (non-hydrogen) atoms. The second-order valence-electron chi connectivity index (χ2n) is 6.72. The summed E-state index contributed by atoms with van der Waals surface area (Å²) >= 11 is 0. The highest BCUT2D eigenvalue weighted by Gasteiger charge is 2.24. The van der Waals surface area contributed by atoms with Gasteiger partial charge in [0.25, 0.3) is 0 Å². The quantitative estimate of drug-likeness (QED) is 0.828. The molecule has 1 N–H and O–H groups in total. The van der Waals surface area contributed by atoms with Gasteiger partial charge < -0.3 is 24.8 Å². The second-order valence-corrected chi connectivity index (χ2v) is 6.72. The van der Waals surface area contributed by atoms with Crippen molar-refractivity contribution < 1.29 is 19.1 Å². The van der Waals surface area contributed by atoms with Crippen LogP contribution in [0, 0.1) is 0 Å². The number of ether oxygens (including phenoxy) is 1. The van der Waals surface area contributed by atoms with Crippen LogP contribution in [0.15, 0.2) is 0 Å². The Labute approximate surface area is 137 Å². The van der Waals surface area contributed by atoms with Crippen molar-refractivity contribution in [2.75, 3.05) is 46.8 Å². The molecule has 0 radical (unpaired) electrons. The van der Waals surface area contributed by atoms with E-state index in [0.29, 0.717) is 26.2 Å². The first kappa shape index (κ1) is 19.1. The number of carbonyl (C=O) groups is 3. The van der Waals surface area contributed by atoms with Gasteiger partial charge in [-0.2, -0.15) is 0 Å². The number of amides is 4. The standard InChI is InChI=1S/C15H28N4O4/c1-15(2,3)23-13(21)16-7-6-12(20)18-8-10-19(11-9-18)14(22)17(4)5/h6-11H2,1-5H3,(H,16,21). The van der Waals surface area contributed by atoms with Crippen molar-refractivity contribution in [2.24, 2.45) is 0 Å². The third kappa shape index (κ3) is 6.75. The Morgan fingerprint density at radius 3 is 2.04 bits per heavy atom. The minimum Gasteiger partial charge on any atom is -0.444 e. The lowest BCUT2D eigenvalue weighted by Gasteiger charge is -2.36. The molecule has 1 rings (SSSR count). The summed E-state index contributed by atoms with van der Waals surface area (Å²) in [5.41, 5.74) is -0.552. The number of carbonyl (C=O) groups excluding carboxylic acids is 3. The normalized spacial score (nSPS) is 15.2. The Morgan fingerprint density at radius 1 is 1.04 bits per heavy atom. The third-order valence-corrected chi connectivity index (χ3v) is 3.29. The van der Waals surface area contributed by atoms with E-state index in [9.17, 15) is 14.4 Å². The van der Waals surface area contributed by atoms with Crippen molar-refractivity contribution in [1.29, 1.82) is 0 Å². The smallest absolute Gasteiger partial charge is 0.407 e. The van der Waals surface area contributed by atoms with E-state index in [-0.39, 0.29) is 24.9 Å². The van der Waals surface area contributed by atoms with Crippen molar-refractivity contribution in [2.45, 2.75) is 32.8 Å². The van der Waals surface area contributed by atoms with E-state index in [1.165, 1.54) is 4.90 Å². The maximum Gasteiger partial charge on any atom is 0.407 e. The topological polar surface area (TPSA) is 82.2 Å². The van der Waals surface area contributed by atoms with Gasteiger partial charge in [0.2, 0.25) is 5.91 Å². The van der Waals surface area contributed by atoms with Crippen molar-refractivity contribution in [1.82, 2.24) is 20.0 Å². The molecule has 1 heterocycles. The highest BCUT2D eigenvalue weighted by Crippen LogP contribution is 2.07. The van der Waals surface area contributed by atoms with Crippen LogP contribution >= 0.6 is 0 Å². The highest BCUT2D eigenvalue weighted by atomic mass is 16.6. The first-order valence-electron chi connectivity index (χ1n) is 7.81. The molecule has 1 aliphatic heterocycles. The largest absolute Gasteiger partial charge is 0.444 e. The average molecular weight is 328 g/mol. The molecule has 0 aliphatic carbocycles. The lowest BCUT2D eigenvalue weighted by Crippen LogP contribution is -2.53. The van der Waals surface area contributed by atoms with Crippen molar-refractivity contribution in [3.05, 3.63) is 0 Å². The number of hydrogen-bond donors (Lipinski definition) is 1. The number of urea groups is 1. The van der Waals surface area contributed by atoms with Crippen molar-refractivity contribution >= 4 is 18.0 Å². The van der Waals surface area contributed by atoms with E-state index < -0.39 is 11.7 Å². The van der Waals surface area contributed by atoms with Gasteiger partial charge in [0, 0.05) is 53.2 Å². The van der Waals surface area contributed by atoms with Crippen LogP contribution in [-0.2, 0) is 9.53 Å². The third-order valence-electron chi connectivity index (χ3n) is 3.29. The van der Waals surface area contributed by atoms with E-state index in [2.05, 4.69) is 5.32 Å². The number of nitrogens with one attached hydrogen (secondary N) is 1. The molecule has 0 aromatic carbocycles. The molecule has 1 aliphatic rings. The van der Waals surface area contributed by atoms with E-state index in [1.807, 2.05) is 0 Å². The Bertz CT molecular complexity index is 437.